The van der Waals surface area contributed by atoms with Crippen LogP contribution in [-0.4, -0.2) is 37.0 Å². The molecule has 0 unspecified atom stereocenters. The quantitative estimate of drug-likeness (QED) is 0.868. The number of carbonyl (C=O) groups is 1. The highest BCUT2D eigenvalue weighted by Gasteiger charge is 2.22. The molecule has 0 aromatic heterocycles. The zero-order valence-corrected chi connectivity index (χ0v) is 15.2. The second-order valence-electron chi connectivity index (χ2n) is 6.10. The number of benzene rings is 2. The Morgan fingerprint density at radius 1 is 1.04 bits per heavy atom. The van der Waals surface area contributed by atoms with Gasteiger partial charge in [0.15, 0.2) is 11.6 Å². The second kappa shape index (κ2) is 8.96. The highest BCUT2D eigenvalue weighted by Crippen LogP contribution is 2.24. The molecule has 1 amide bonds. The van der Waals surface area contributed by atoms with Gasteiger partial charge in [-0.15, -0.1) is 12.4 Å². The van der Waals surface area contributed by atoms with E-state index in [-0.39, 0.29) is 30.1 Å². The molecular formula is C19H21ClF2N2O2. The number of piperidine rings is 1. The minimum Gasteiger partial charge on any atom is -0.457 e. The van der Waals surface area contributed by atoms with Crippen LogP contribution >= 0.6 is 12.4 Å². The molecular weight excluding hydrogens is 362 g/mol. The first-order chi connectivity index (χ1) is 12.0. The molecule has 4 nitrogen and oxygen atoms in total. The van der Waals surface area contributed by atoms with Gasteiger partial charge in [0.2, 0.25) is 0 Å². The molecule has 0 saturated carbocycles. The summed E-state index contributed by atoms with van der Waals surface area (Å²) in [5.41, 5.74) is 0.568. The first-order valence-corrected chi connectivity index (χ1v) is 8.25. The first-order valence-electron chi connectivity index (χ1n) is 8.25. The van der Waals surface area contributed by atoms with Crippen molar-refractivity contribution < 1.29 is 18.3 Å². The Kier molecular flexibility index (Phi) is 6.94. The summed E-state index contributed by atoms with van der Waals surface area (Å²) in [4.78, 5) is 14.4. The Morgan fingerprint density at radius 2 is 1.65 bits per heavy atom. The van der Waals surface area contributed by atoms with Gasteiger partial charge in [-0.25, -0.2) is 8.78 Å². The Hall–Kier alpha value is -2.18. The van der Waals surface area contributed by atoms with Gasteiger partial charge in [0.05, 0.1) is 0 Å². The Labute approximate surface area is 157 Å². The lowest BCUT2D eigenvalue weighted by Crippen LogP contribution is -2.43. The lowest BCUT2D eigenvalue weighted by atomic mass is 10.0. The molecule has 0 spiro atoms. The van der Waals surface area contributed by atoms with Crippen LogP contribution in [0.3, 0.4) is 0 Å². The van der Waals surface area contributed by atoms with Crippen molar-refractivity contribution >= 4 is 18.3 Å². The van der Waals surface area contributed by atoms with E-state index < -0.39 is 11.6 Å². The van der Waals surface area contributed by atoms with Crippen LogP contribution in [0.4, 0.5) is 8.78 Å². The van der Waals surface area contributed by atoms with Gasteiger partial charge in [-0.3, -0.25) is 4.79 Å². The number of hydrogen-bond donors (Lipinski definition) is 1. The van der Waals surface area contributed by atoms with Crippen LogP contribution in [0.5, 0.6) is 11.5 Å². The monoisotopic (exact) mass is 382 g/mol. The lowest BCUT2D eigenvalue weighted by molar-refractivity contribution is 0.0703. The molecule has 1 aliphatic heterocycles. The molecule has 1 heterocycles. The zero-order chi connectivity index (χ0) is 17.8. The predicted molar refractivity (Wildman–Crippen MR) is 98.1 cm³/mol. The minimum atomic E-state index is -0.965. The van der Waals surface area contributed by atoms with Gasteiger partial charge in [0.1, 0.15) is 11.5 Å². The smallest absolute Gasteiger partial charge is 0.253 e. The van der Waals surface area contributed by atoms with Crippen LogP contribution in [0.2, 0.25) is 0 Å². The van der Waals surface area contributed by atoms with Crippen LogP contribution in [0.1, 0.15) is 23.2 Å². The van der Waals surface area contributed by atoms with Crippen LogP contribution < -0.4 is 10.1 Å². The molecule has 3 rings (SSSR count). The van der Waals surface area contributed by atoms with Gasteiger partial charge < -0.3 is 15.0 Å². The highest BCUT2D eigenvalue weighted by atomic mass is 35.5. The first kappa shape index (κ1) is 20.1. The Balaban J connectivity index is 0.00000243. The molecule has 0 radical (unpaired) electrons. The topological polar surface area (TPSA) is 41.6 Å². The predicted octanol–water partition coefficient (Wildman–Crippen LogP) is 4.00. The van der Waals surface area contributed by atoms with Gasteiger partial charge >= 0.3 is 0 Å². The second-order valence-corrected chi connectivity index (χ2v) is 6.10. The number of amides is 1. The van der Waals surface area contributed by atoms with Gasteiger partial charge in [-0.2, -0.15) is 0 Å². The van der Waals surface area contributed by atoms with E-state index in [2.05, 4.69) is 5.32 Å². The van der Waals surface area contributed by atoms with Crippen molar-refractivity contribution in [3.63, 3.8) is 0 Å². The third-order valence-corrected chi connectivity index (χ3v) is 4.40. The van der Waals surface area contributed by atoms with E-state index in [0.717, 1.165) is 38.1 Å². The molecule has 1 aliphatic rings. The molecule has 1 N–H and O–H groups in total. The van der Waals surface area contributed by atoms with Gasteiger partial charge in [-0.05, 0) is 62.3 Å². The maximum Gasteiger partial charge on any atom is 0.253 e. The van der Waals surface area contributed by atoms with Crippen molar-refractivity contribution in [3.05, 3.63) is 59.7 Å². The molecule has 1 saturated heterocycles. The standard InChI is InChI=1S/C19H20F2N2O2.ClH/c1-23(14-8-10-22-11-9-14)19(24)13-2-4-15(5-3-13)25-16-6-7-17(20)18(21)12-16;/h2-7,12,14,22H,8-11H2,1H3;1H. The number of nitrogens with zero attached hydrogens (tertiary/aromatic N) is 1. The van der Waals surface area contributed by atoms with Crippen molar-refractivity contribution in [3.8, 4) is 11.5 Å². The minimum absolute atomic E-state index is 0. The van der Waals surface area contributed by atoms with E-state index in [0.29, 0.717) is 11.3 Å². The number of halogens is 3. The largest absolute Gasteiger partial charge is 0.457 e. The fraction of sp³-hybridized carbons (Fsp3) is 0.316. The molecule has 0 aliphatic carbocycles. The SMILES string of the molecule is CN(C(=O)c1ccc(Oc2ccc(F)c(F)c2)cc1)C1CCNCC1.Cl. The summed E-state index contributed by atoms with van der Waals surface area (Å²) in [6, 6.07) is 10.2. The van der Waals surface area contributed by atoms with E-state index in [4.69, 9.17) is 4.74 Å². The molecule has 7 heteroatoms. The van der Waals surface area contributed by atoms with Crippen LogP contribution in [0.15, 0.2) is 42.5 Å². The van der Waals surface area contributed by atoms with E-state index in [9.17, 15) is 13.6 Å². The molecule has 1 fully saturated rings. The number of carbonyl (C=O) groups excluding carboxylic acids is 1. The maximum absolute atomic E-state index is 13.2. The number of hydrogen-bond acceptors (Lipinski definition) is 3. The summed E-state index contributed by atoms with van der Waals surface area (Å²) in [7, 11) is 1.82. The van der Waals surface area contributed by atoms with Crippen molar-refractivity contribution in [2.45, 2.75) is 18.9 Å². The number of rotatable bonds is 4. The van der Waals surface area contributed by atoms with Crippen molar-refractivity contribution in [2.75, 3.05) is 20.1 Å². The van der Waals surface area contributed by atoms with Crippen LogP contribution in [0, 0.1) is 11.6 Å². The molecule has 0 atom stereocenters. The highest BCUT2D eigenvalue weighted by molar-refractivity contribution is 5.94. The zero-order valence-electron chi connectivity index (χ0n) is 14.4. The fourth-order valence-corrected chi connectivity index (χ4v) is 2.91. The molecule has 2 aromatic carbocycles. The van der Waals surface area contributed by atoms with E-state index in [1.165, 1.54) is 6.07 Å². The normalized spacial score (nSPS) is 14.4. The summed E-state index contributed by atoms with van der Waals surface area (Å²) >= 11 is 0. The Bertz CT molecular complexity index is 750. The summed E-state index contributed by atoms with van der Waals surface area (Å²) < 4.78 is 31.6. The van der Waals surface area contributed by atoms with E-state index in [1.807, 2.05) is 7.05 Å². The van der Waals surface area contributed by atoms with Gasteiger partial charge in [0.25, 0.3) is 5.91 Å². The van der Waals surface area contributed by atoms with Gasteiger partial charge in [0, 0.05) is 24.7 Å². The lowest BCUT2D eigenvalue weighted by Gasteiger charge is -2.31. The maximum atomic E-state index is 13.2. The van der Waals surface area contributed by atoms with Crippen molar-refractivity contribution in [1.29, 1.82) is 0 Å². The Morgan fingerprint density at radius 3 is 2.27 bits per heavy atom. The summed E-state index contributed by atoms with van der Waals surface area (Å²) in [6.45, 7) is 1.84. The number of nitrogens with one attached hydrogen (secondary N) is 1. The molecule has 140 valence electrons. The van der Waals surface area contributed by atoms with Crippen LogP contribution in [0.25, 0.3) is 0 Å². The van der Waals surface area contributed by atoms with Crippen LogP contribution in [-0.2, 0) is 0 Å². The van der Waals surface area contributed by atoms with E-state index >= 15 is 0 Å². The summed E-state index contributed by atoms with van der Waals surface area (Å²) in [5.74, 6) is -1.27. The summed E-state index contributed by atoms with van der Waals surface area (Å²) in [6.07, 6.45) is 1.89. The average molecular weight is 383 g/mol. The summed E-state index contributed by atoms with van der Waals surface area (Å²) in [5, 5.41) is 3.28. The third-order valence-electron chi connectivity index (χ3n) is 4.40. The molecule has 26 heavy (non-hydrogen) atoms. The average Bonchev–Trinajstić information content (AvgIpc) is 2.65. The van der Waals surface area contributed by atoms with E-state index in [1.54, 1.807) is 29.2 Å². The van der Waals surface area contributed by atoms with Crippen molar-refractivity contribution in [1.82, 2.24) is 10.2 Å². The third kappa shape index (κ3) is 4.71. The fourth-order valence-electron chi connectivity index (χ4n) is 2.91. The number of ether oxygens (including phenoxy) is 1. The van der Waals surface area contributed by atoms with Gasteiger partial charge in [-0.1, -0.05) is 0 Å². The molecule has 2 aromatic rings. The molecule has 0 bridgehead atoms. The van der Waals surface area contributed by atoms with Crippen molar-refractivity contribution in [2.24, 2.45) is 0 Å².